The van der Waals surface area contributed by atoms with Crippen LogP contribution in [0.5, 0.6) is 0 Å². The molecule has 0 aliphatic rings. The minimum atomic E-state index is 0.634. The molecule has 6 heteroatoms. The first-order valence-electron chi connectivity index (χ1n) is 5.84. The topological polar surface area (TPSA) is 55.1 Å². The molecule has 0 radical (unpaired) electrons. The normalized spacial score (nSPS) is 10.9. The molecule has 0 amide bonds. The monoisotopic (exact) mass is 259 g/mol. The molecule has 0 saturated carbocycles. The Morgan fingerprint density at radius 1 is 1.39 bits per heavy atom. The Hall–Kier alpha value is -1.95. The van der Waals surface area contributed by atoms with Gasteiger partial charge in [-0.3, -0.25) is 0 Å². The lowest BCUT2D eigenvalue weighted by Gasteiger charge is -1.96. The van der Waals surface area contributed by atoms with E-state index in [1.807, 2.05) is 30.6 Å². The van der Waals surface area contributed by atoms with E-state index in [1.165, 1.54) is 4.88 Å². The second-order valence-corrected chi connectivity index (χ2v) is 5.07. The molecule has 0 bridgehead atoms. The van der Waals surface area contributed by atoms with Gasteiger partial charge in [0.05, 0.1) is 6.54 Å². The molecule has 0 unspecified atom stereocenters. The average Bonchev–Trinajstić information content (AvgIpc) is 3.02. The van der Waals surface area contributed by atoms with Crippen LogP contribution < -0.4 is 5.32 Å². The second-order valence-electron chi connectivity index (χ2n) is 3.87. The summed E-state index contributed by atoms with van der Waals surface area (Å²) >= 11 is 1.72. The highest BCUT2D eigenvalue weighted by molar-refractivity contribution is 7.11. The minimum Gasteiger partial charge on any atom is -0.346 e. The van der Waals surface area contributed by atoms with E-state index in [1.54, 1.807) is 15.9 Å². The van der Waals surface area contributed by atoms with E-state index < -0.39 is 0 Å². The maximum Gasteiger partial charge on any atom is 0.243 e. The van der Waals surface area contributed by atoms with Crippen molar-refractivity contribution in [1.82, 2.24) is 19.6 Å². The highest BCUT2D eigenvalue weighted by atomic mass is 32.1. The maximum atomic E-state index is 4.37. The van der Waals surface area contributed by atoms with Crippen molar-refractivity contribution >= 4 is 22.9 Å². The van der Waals surface area contributed by atoms with Crippen LogP contribution in [0, 0.1) is 0 Å². The molecule has 0 aliphatic carbocycles. The van der Waals surface area contributed by atoms with Crippen molar-refractivity contribution in [2.45, 2.75) is 19.9 Å². The van der Waals surface area contributed by atoms with Gasteiger partial charge in [0.15, 0.2) is 5.65 Å². The summed E-state index contributed by atoms with van der Waals surface area (Å²) < 4.78 is 1.75. The van der Waals surface area contributed by atoms with Crippen molar-refractivity contribution in [1.29, 1.82) is 0 Å². The lowest BCUT2D eigenvalue weighted by Crippen LogP contribution is -2.00. The Bertz CT molecular complexity index is 624. The van der Waals surface area contributed by atoms with Crippen LogP contribution in [0.2, 0.25) is 0 Å². The number of nitrogens with one attached hydrogen (secondary N) is 1. The van der Waals surface area contributed by atoms with E-state index in [2.05, 4.69) is 27.3 Å². The Labute approximate surface area is 109 Å². The molecule has 3 rings (SSSR count). The van der Waals surface area contributed by atoms with E-state index in [4.69, 9.17) is 0 Å². The molecule has 0 atom stereocenters. The number of aromatic nitrogens is 4. The summed E-state index contributed by atoms with van der Waals surface area (Å²) in [5.41, 5.74) is 0.841. The van der Waals surface area contributed by atoms with E-state index in [9.17, 15) is 0 Å². The van der Waals surface area contributed by atoms with Crippen molar-refractivity contribution in [3.8, 4) is 0 Å². The van der Waals surface area contributed by atoms with Gasteiger partial charge in [0.1, 0.15) is 5.01 Å². The number of thiazole rings is 1. The molecule has 18 heavy (non-hydrogen) atoms. The molecule has 0 aromatic carbocycles. The van der Waals surface area contributed by atoms with Gasteiger partial charge in [-0.05, 0) is 18.6 Å². The number of anilines is 1. The third kappa shape index (κ3) is 2.19. The first-order chi connectivity index (χ1) is 8.85. The Kier molecular flexibility index (Phi) is 2.93. The van der Waals surface area contributed by atoms with Crippen LogP contribution in [0.15, 0.2) is 30.6 Å². The lowest BCUT2D eigenvalue weighted by molar-refractivity contribution is 0.948. The number of hydrogen-bond donors (Lipinski definition) is 1. The molecular weight excluding hydrogens is 246 g/mol. The molecule has 5 nitrogen and oxygen atoms in total. The van der Waals surface area contributed by atoms with Crippen LogP contribution in [-0.2, 0) is 13.0 Å². The van der Waals surface area contributed by atoms with Crippen molar-refractivity contribution in [2.24, 2.45) is 0 Å². The number of fused-ring (bicyclic) bond motifs is 1. The summed E-state index contributed by atoms with van der Waals surface area (Å²) in [6.07, 6.45) is 4.84. The fourth-order valence-electron chi connectivity index (χ4n) is 1.65. The molecule has 0 spiro atoms. The molecule has 0 saturated heterocycles. The van der Waals surface area contributed by atoms with Crippen LogP contribution in [0.3, 0.4) is 0 Å². The zero-order valence-corrected chi connectivity index (χ0v) is 10.8. The van der Waals surface area contributed by atoms with Crippen molar-refractivity contribution in [3.63, 3.8) is 0 Å². The number of rotatable bonds is 4. The Balaban J connectivity index is 1.72. The molecule has 0 fully saturated rings. The fourth-order valence-corrected chi connectivity index (χ4v) is 2.46. The fraction of sp³-hybridized carbons (Fsp3) is 0.250. The van der Waals surface area contributed by atoms with Crippen molar-refractivity contribution < 1.29 is 0 Å². The number of pyridine rings is 1. The quantitative estimate of drug-likeness (QED) is 0.781. The van der Waals surface area contributed by atoms with Crippen molar-refractivity contribution in [3.05, 3.63) is 40.5 Å². The van der Waals surface area contributed by atoms with E-state index >= 15 is 0 Å². The summed E-state index contributed by atoms with van der Waals surface area (Å²) in [5, 5.41) is 8.58. The predicted octanol–water partition coefficient (Wildman–Crippen LogP) is 2.36. The number of aryl methyl sites for hydroxylation is 1. The highest BCUT2D eigenvalue weighted by Gasteiger charge is 2.04. The van der Waals surface area contributed by atoms with Crippen LogP contribution in [-0.4, -0.2) is 19.6 Å². The van der Waals surface area contributed by atoms with Gasteiger partial charge >= 0.3 is 0 Å². The zero-order valence-electron chi connectivity index (χ0n) is 10.00. The summed E-state index contributed by atoms with van der Waals surface area (Å²) in [7, 11) is 0. The van der Waals surface area contributed by atoms with Gasteiger partial charge in [-0.1, -0.05) is 13.0 Å². The summed E-state index contributed by atoms with van der Waals surface area (Å²) in [5.74, 6) is 0.634. The van der Waals surface area contributed by atoms with Gasteiger partial charge in [-0.25, -0.2) is 9.50 Å². The summed E-state index contributed by atoms with van der Waals surface area (Å²) in [6, 6.07) is 5.80. The van der Waals surface area contributed by atoms with Crippen LogP contribution in [0.4, 0.5) is 5.95 Å². The van der Waals surface area contributed by atoms with Gasteiger partial charge in [0.25, 0.3) is 0 Å². The number of nitrogens with zero attached hydrogens (tertiary/aromatic N) is 4. The first kappa shape index (κ1) is 11.2. The van der Waals surface area contributed by atoms with Crippen LogP contribution >= 0.6 is 11.3 Å². The third-order valence-electron chi connectivity index (χ3n) is 2.59. The minimum absolute atomic E-state index is 0.634. The highest BCUT2D eigenvalue weighted by Crippen LogP contribution is 2.14. The third-order valence-corrected chi connectivity index (χ3v) is 3.73. The first-order valence-corrected chi connectivity index (χ1v) is 6.65. The predicted molar refractivity (Wildman–Crippen MR) is 71.8 cm³/mol. The van der Waals surface area contributed by atoms with Gasteiger partial charge in [-0.2, -0.15) is 4.98 Å². The van der Waals surface area contributed by atoms with E-state index in [0.717, 1.165) is 17.1 Å². The number of hydrogen-bond acceptors (Lipinski definition) is 5. The standard InChI is InChI=1S/C12H13N5S/c1-2-9-7-13-11(18-9)8-14-12-15-10-5-3-4-6-17(10)16-12/h3-7H,2,8H2,1H3,(H,14,16). The lowest BCUT2D eigenvalue weighted by atomic mass is 10.4. The smallest absolute Gasteiger partial charge is 0.243 e. The Morgan fingerprint density at radius 3 is 3.11 bits per heavy atom. The molecule has 3 heterocycles. The Morgan fingerprint density at radius 2 is 2.33 bits per heavy atom. The maximum absolute atomic E-state index is 4.37. The summed E-state index contributed by atoms with van der Waals surface area (Å²) in [6.45, 7) is 2.80. The average molecular weight is 259 g/mol. The molecule has 3 aromatic rings. The summed E-state index contributed by atoms with van der Waals surface area (Å²) in [4.78, 5) is 10.0. The van der Waals surface area contributed by atoms with Gasteiger partial charge in [-0.15, -0.1) is 16.4 Å². The van der Waals surface area contributed by atoms with Crippen molar-refractivity contribution in [2.75, 3.05) is 5.32 Å². The molecule has 92 valence electrons. The van der Waals surface area contributed by atoms with E-state index in [-0.39, 0.29) is 0 Å². The molecular formula is C12H13N5S. The molecule has 0 aliphatic heterocycles. The molecule has 1 N–H and O–H groups in total. The van der Waals surface area contributed by atoms with Crippen LogP contribution in [0.1, 0.15) is 16.8 Å². The van der Waals surface area contributed by atoms with Gasteiger partial charge in [0.2, 0.25) is 5.95 Å². The van der Waals surface area contributed by atoms with Crippen LogP contribution in [0.25, 0.3) is 5.65 Å². The largest absolute Gasteiger partial charge is 0.346 e. The van der Waals surface area contributed by atoms with E-state index in [0.29, 0.717) is 12.5 Å². The SMILES string of the molecule is CCc1cnc(CNc2nc3ccccn3n2)s1. The second kappa shape index (κ2) is 4.73. The zero-order chi connectivity index (χ0) is 12.4. The molecule has 3 aromatic heterocycles. The van der Waals surface area contributed by atoms with Gasteiger partial charge in [0, 0.05) is 17.3 Å². The van der Waals surface area contributed by atoms with Gasteiger partial charge < -0.3 is 5.32 Å².